The van der Waals surface area contributed by atoms with Crippen LogP contribution in [0.4, 0.5) is 0 Å². The van der Waals surface area contributed by atoms with Gasteiger partial charge in [-0.2, -0.15) is 5.26 Å². The molecule has 5 nitrogen and oxygen atoms in total. The SMILES string of the molecule is CS(=O)(=O)c1c(CC#N)ccc2c1OCO2. The largest absolute Gasteiger partial charge is 0.454 e. The van der Waals surface area contributed by atoms with Gasteiger partial charge >= 0.3 is 0 Å². The van der Waals surface area contributed by atoms with E-state index in [4.69, 9.17) is 14.7 Å². The van der Waals surface area contributed by atoms with Gasteiger partial charge in [0.2, 0.25) is 6.79 Å². The van der Waals surface area contributed by atoms with Crippen LogP contribution in [-0.2, 0) is 16.3 Å². The van der Waals surface area contributed by atoms with E-state index in [1.165, 1.54) is 0 Å². The van der Waals surface area contributed by atoms with Crippen molar-refractivity contribution in [3.8, 4) is 17.6 Å². The molecule has 0 saturated carbocycles. The highest BCUT2D eigenvalue weighted by atomic mass is 32.2. The van der Waals surface area contributed by atoms with E-state index in [0.717, 1.165) is 6.26 Å². The molecule has 0 aliphatic carbocycles. The summed E-state index contributed by atoms with van der Waals surface area (Å²) in [6, 6.07) is 5.12. The van der Waals surface area contributed by atoms with Crippen LogP contribution in [0, 0.1) is 11.3 Å². The lowest BCUT2D eigenvalue weighted by Gasteiger charge is -2.07. The van der Waals surface area contributed by atoms with Crippen molar-refractivity contribution >= 4 is 9.84 Å². The molecule has 0 unspecified atom stereocenters. The lowest BCUT2D eigenvalue weighted by molar-refractivity contribution is 0.172. The molecular formula is C10H9NO4S. The van der Waals surface area contributed by atoms with Crippen LogP contribution >= 0.6 is 0 Å². The fourth-order valence-corrected chi connectivity index (χ4v) is 2.73. The number of nitriles is 1. The Hall–Kier alpha value is -1.74. The predicted molar refractivity (Wildman–Crippen MR) is 55.0 cm³/mol. The summed E-state index contributed by atoms with van der Waals surface area (Å²) >= 11 is 0. The van der Waals surface area contributed by atoms with Crippen molar-refractivity contribution in [1.29, 1.82) is 5.26 Å². The van der Waals surface area contributed by atoms with Crippen LogP contribution in [0.25, 0.3) is 0 Å². The maximum atomic E-state index is 11.6. The monoisotopic (exact) mass is 239 g/mol. The van der Waals surface area contributed by atoms with Gasteiger partial charge in [0.15, 0.2) is 21.3 Å². The number of benzene rings is 1. The Kier molecular flexibility index (Phi) is 2.48. The second-order valence-electron chi connectivity index (χ2n) is 3.39. The molecule has 0 spiro atoms. The van der Waals surface area contributed by atoms with Gasteiger partial charge in [0.05, 0.1) is 12.5 Å². The average molecular weight is 239 g/mol. The third-order valence-corrected chi connectivity index (χ3v) is 3.40. The predicted octanol–water partition coefficient (Wildman–Crippen LogP) is 0.885. The number of ether oxygens (including phenoxy) is 2. The molecule has 2 rings (SSSR count). The Morgan fingerprint density at radius 2 is 2.19 bits per heavy atom. The minimum absolute atomic E-state index is 0.00780. The molecule has 1 aliphatic rings. The molecule has 0 aromatic heterocycles. The van der Waals surface area contributed by atoms with Gasteiger partial charge in [0.25, 0.3) is 0 Å². The fraction of sp³-hybridized carbons (Fsp3) is 0.300. The number of hydrogen-bond acceptors (Lipinski definition) is 5. The first kappa shape index (κ1) is 10.8. The van der Waals surface area contributed by atoms with Crippen molar-refractivity contribution in [2.75, 3.05) is 13.0 Å². The number of rotatable bonds is 2. The molecule has 0 fully saturated rings. The molecule has 1 heterocycles. The minimum atomic E-state index is -3.44. The topological polar surface area (TPSA) is 76.4 Å². The number of hydrogen-bond donors (Lipinski definition) is 0. The summed E-state index contributed by atoms with van der Waals surface area (Å²) in [6.45, 7) is 0.00780. The molecular weight excluding hydrogens is 230 g/mol. The smallest absolute Gasteiger partial charge is 0.231 e. The molecule has 1 aromatic carbocycles. The summed E-state index contributed by atoms with van der Waals surface area (Å²) in [5.74, 6) is 0.623. The summed E-state index contributed by atoms with van der Waals surface area (Å²) in [5.41, 5.74) is 0.439. The first-order valence-corrected chi connectivity index (χ1v) is 6.41. The van der Waals surface area contributed by atoms with Crippen molar-refractivity contribution in [1.82, 2.24) is 0 Å². The maximum absolute atomic E-state index is 11.6. The lowest BCUT2D eigenvalue weighted by Crippen LogP contribution is -2.04. The van der Waals surface area contributed by atoms with Crippen LogP contribution in [0.15, 0.2) is 17.0 Å². The fourth-order valence-electron chi connectivity index (χ4n) is 1.62. The molecule has 6 heteroatoms. The van der Waals surface area contributed by atoms with Gasteiger partial charge in [-0.05, 0) is 11.6 Å². The zero-order valence-electron chi connectivity index (χ0n) is 8.56. The minimum Gasteiger partial charge on any atom is -0.454 e. The third-order valence-electron chi connectivity index (χ3n) is 2.22. The third kappa shape index (κ3) is 1.70. The van der Waals surface area contributed by atoms with Crippen molar-refractivity contribution in [2.45, 2.75) is 11.3 Å². The van der Waals surface area contributed by atoms with Crippen LogP contribution in [0.1, 0.15) is 5.56 Å². The van der Waals surface area contributed by atoms with Crippen molar-refractivity contribution in [3.63, 3.8) is 0 Å². The highest BCUT2D eigenvalue weighted by Crippen LogP contribution is 2.40. The van der Waals surface area contributed by atoms with Crippen molar-refractivity contribution in [3.05, 3.63) is 17.7 Å². The highest BCUT2D eigenvalue weighted by molar-refractivity contribution is 7.90. The Bertz CT molecular complexity index is 571. The molecule has 0 amide bonds. The maximum Gasteiger partial charge on any atom is 0.231 e. The Morgan fingerprint density at radius 3 is 2.81 bits per heavy atom. The van der Waals surface area contributed by atoms with E-state index in [2.05, 4.69) is 0 Å². The van der Waals surface area contributed by atoms with E-state index in [9.17, 15) is 8.42 Å². The van der Waals surface area contributed by atoms with E-state index < -0.39 is 9.84 Å². The molecule has 16 heavy (non-hydrogen) atoms. The van der Waals surface area contributed by atoms with E-state index in [1.807, 2.05) is 6.07 Å². The lowest BCUT2D eigenvalue weighted by atomic mass is 10.1. The molecule has 84 valence electrons. The van der Waals surface area contributed by atoms with Gasteiger partial charge < -0.3 is 9.47 Å². The molecule has 0 N–H and O–H groups in total. The summed E-state index contributed by atoms with van der Waals surface area (Å²) in [7, 11) is -3.44. The zero-order chi connectivity index (χ0) is 11.8. The molecule has 1 aliphatic heterocycles. The summed E-state index contributed by atoms with van der Waals surface area (Å²) in [6.07, 6.45) is 1.12. The van der Waals surface area contributed by atoms with E-state index in [1.54, 1.807) is 12.1 Å². The van der Waals surface area contributed by atoms with Gasteiger partial charge in [-0.1, -0.05) is 6.07 Å². The molecule has 1 aromatic rings. The standard InChI is InChI=1S/C10H9NO4S/c1-16(12,13)10-7(4-5-11)2-3-8-9(10)15-6-14-8/h2-3H,4,6H2,1H3. The van der Waals surface area contributed by atoms with E-state index >= 15 is 0 Å². The van der Waals surface area contributed by atoms with Gasteiger partial charge in [-0.15, -0.1) is 0 Å². The quantitative estimate of drug-likeness (QED) is 0.765. The van der Waals surface area contributed by atoms with E-state index in [0.29, 0.717) is 11.3 Å². The Labute approximate surface area is 93.1 Å². The number of sulfone groups is 1. The molecule has 0 saturated heterocycles. The molecule has 0 atom stereocenters. The van der Waals surface area contributed by atoms with Gasteiger partial charge in [-0.25, -0.2) is 8.42 Å². The average Bonchev–Trinajstić information content (AvgIpc) is 2.63. The summed E-state index contributed by atoms with van der Waals surface area (Å²) in [4.78, 5) is 0.0593. The normalized spacial score (nSPS) is 13.5. The summed E-state index contributed by atoms with van der Waals surface area (Å²) < 4.78 is 33.5. The number of fused-ring (bicyclic) bond motifs is 1. The highest BCUT2D eigenvalue weighted by Gasteiger charge is 2.26. The van der Waals surface area contributed by atoms with Crippen LogP contribution in [-0.4, -0.2) is 21.5 Å². The molecule has 0 radical (unpaired) electrons. The first-order chi connectivity index (χ1) is 7.54. The Balaban J connectivity index is 2.71. The zero-order valence-corrected chi connectivity index (χ0v) is 9.37. The van der Waals surface area contributed by atoms with Gasteiger partial charge in [0, 0.05) is 6.26 Å². The van der Waals surface area contributed by atoms with Gasteiger partial charge in [0.1, 0.15) is 4.90 Å². The number of nitrogens with zero attached hydrogens (tertiary/aromatic N) is 1. The van der Waals surface area contributed by atoms with Crippen molar-refractivity contribution < 1.29 is 17.9 Å². The van der Waals surface area contributed by atoms with Gasteiger partial charge in [-0.3, -0.25) is 0 Å². The first-order valence-electron chi connectivity index (χ1n) is 4.52. The van der Waals surface area contributed by atoms with Crippen LogP contribution in [0.5, 0.6) is 11.5 Å². The Morgan fingerprint density at radius 1 is 1.44 bits per heavy atom. The molecule has 0 bridgehead atoms. The van der Waals surface area contributed by atoms with Crippen LogP contribution in [0.3, 0.4) is 0 Å². The van der Waals surface area contributed by atoms with Crippen LogP contribution < -0.4 is 9.47 Å². The van der Waals surface area contributed by atoms with Crippen molar-refractivity contribution in [2.24, 2.45) is 0 Å². The second-order valence-corrected chi connectivity index (χ2v) is 5.35. The summed E-state index contributed by atoms with van der Waals surface area (Å²) in [5, 5.41) is 8.64. The van der Waals surface area contributed by atoms with Crippen LogP contribution in [0.2, 0.25) is 0 Å². The van der Waals surface area contributed by atoms with E-state index in [-0.39, 0.29) is 23.9 Å². The second kappa shape index (κ2) is 3.68.